The zero-order chi connectivity index (χ0) is 13.9. The van der Waals surface area contributed by atoms with Crippen LogP contribution in [0, 0.1) is 22.6 Å². The van der Waals surface area contributed by atoms with Crippen molar-refractivity contribution in [2.75, 3.05) is 0 Å². The molecule has 1 N–H and O–H groups in total. The van der Waals surface area contributed by atoms with Crippen LogP contribution in [0.2, 0.25) is 5.02 Å². The lowest BCUT2D eigenvalue weighted by molar-refractivity contribution is 0.0487. The van der Waals surface area contributed by atoms with Crippen LogP contribution in [0.5, 0.6) is 0 Å². The van der Waals surface area contributed by atoms with Gasteiger partial charge in [-0.1, -0.05) is 49.4 Å². The summed E-state index contributed by atoms with van der Waals surface area (Å²) in [6, 6.07) is 6.80. The van der Waals surface area contributed by atoms with E-state index in [1.54, 1.807) is 6.07 Å². The van der Waals surface area contributed by atoms with E-state index in [1.807, 2.05) is 0 Å². The van der Waals surface area contributed by atoms with E-state index in [1.165, 1.54) is 12.1 Å². The van der Waals surface area contributed by atoms with Crippen molar-refractivity contribution in [2.24, 2.45) is 5.41 Å². The predicted octanol–water partition coefficient (Wildman–Crippen LogP) is 4.38. The summed E-state index contributed by atoms with van der Waals surface area (Å²) in [7, 11) is 0. The summed E-state index contributed by atoms with van der Waals surface area (Å²) in [5.74, 6) is -0.615. The Kier molecular flexibility index (Phi) is 4.44. The molecule has 1 aliphatic carbocycles. The van der Waals surface area contributed by atoms with Gasteiger partial charge in [-0.15, -0.1) is 0 Å². The third-order valence-electron chi connectivity index (χ3n) is 4.02. The summed E-state index contributed by atoms with van der Waals surface area (Å²) < 4.78 is 14.0. The van der Waals surface area contributed by atoms with Crippen molar-refractivity contribution in [3.63, 3.8) is 0 Å². The third-order valence-corrected chi connectivity index (χ3v) is 4.31. The summed E-state index contributed by atoms with van der Waals surface area (Å²) in [6.07, 6.45) is 4.02. The molecule has 102 valence electrons. The Morgan fingerprint density at radius 2 is 1.89 bits per heavy atom. The Hall–Kier alpha value is -1.11. The highest BCUT2D eigenvalue weighted by molar-refractivity contribution is 6.30. The van der Waals surface area contributed by atoms with Gasteiger partial charge < -0.3 is 5.11 Å². The number of hydrogen-bond acceptors (Lipinski definition) is 2. The first-order valence-electron chi connectivity index (χ1n) is 6.64. The van der Waals surface area contributed by atoms with Crippen molar-refractivity contribution in [1.29, 1.82) is 5.26 Å². The molecule has 1 unspecified atom stereocenters. The minimum atomic E-state index is -1.12. The van der Waals surface area contributed by atoms with Crippen molar-refractivity contribution in [2.45, 2.75) is 44.6 Å². The Balaban J connectivity index is 2.37. The van der Waals surface area contributed by atoms with E-state index >= 15 is 0 Å². The van der Waals surface area contributed by atoms with Gasteiger partial charge in [0, 0.05) is 5.56 Å². The number of aliphatic hydroxyl groups is 1. The average Bonchev–Trinajstić information content (AvgIpc) is 2.67. The minimum absolute atomic E-state index is 0.0155. The molecule has 1 aliphatic rings. The van der Waals surface area contributed by atoms with Gasteiger partial charge in [-0.2, -0.15) is 5.26 Å². The van der Waals surface area contributed by atoms with Crippen LogP contribution in [-0.4, -0.2) is 5.11 Å². The van der Waals surface area contributed by atoms with Crippen molar-refractivity contribution in [1.82, 2.24) is 0 Å². The predicted molar refractivity (Wildman–Crippen MR) is 72.1 cm³/mol. The molecule has 0 heterocycles. The molecule has 19 heavy (non-hydrogen) atoms. The van der Waals surface area contributed by atoms with E-state index < -0.39 is 17.3 Å². The molecule has 1 fully saturated rings. The topological polar surface area (TPSA) is 44.0 Å². The standard InChI is InChI=1S/C15H17ClFNO/c16-12-7-5-6-11(13(12)17)14(19)15(10-18)8-3-1-2-4-9-15/h5-7,14,19H,1-4,8-9H2. The maximum atomic E-state index is 14.0. The Morgan fingerprint density at radius 1 is 1.26 bits per heavy atom. The fourth-order valence-electron chi connectivity index (χ4n) is 2.84. The first-order chi connectivity index (χ1) is 9.10. The summed E-state index contributed by atoms with van der Waals surface area (Å²) in [5.41, 5.74) is -0.752. The summed E-state index contributed by atoms with van der Waals surface area (Å²) in [6.45, 7) is 0. The van der Waals surface area contributed by atoms with Gasteiger partial charge in [0.2, 0.25) is 0 Å². The highest BCUT2D eigenvalue weighted by Crippen LogP contribution is 2.45. The molecule has 0 aliphatic heterocycles. The number of halogens is 2. The minimum Gasteiger partial charge on any atom is -0.387 e. The quantitative estimate of drug-likeness (QED) is 0.818. The molecule has 0 aromatic heterocycles. The van der Waals surface area contributed by atoms with Crippen molar-refractivity contribution in [3.05, 3.63) is 34.6 Å². The van der Waals surface area contributed by atoms with Gasteiger partial charge in [-0.25, -0.2) is 4.39 Å². The van der Waals surface area contributed by atoms with Crippen LogP contribution >= 0.6 is 11.6 Å². The fourth-order valence-corrected chi connectivity index (χ4v) is 3.02. The average molecular weight is 282 g/mol. The highest BCUT2D eigenvalue weighted by atomic mass is 35.5. The molecule has 1 atom stereocenters. The number of benzene rings is 1. The lowest BCUT2D eigenvalue weighted by atomic mass is 9.74. The van der Waals surface area contributed by atoms with E-state index in [0.717, 1.165) is 25.7 Å². The van der Waals surface area contributed by atoms with Crippen LogP contribution in [-0.2, 0) is 0 Å². The second-order valence-corrected chi connectivity index (χ2v) is 5.63. The largest absolute Gasteiger partial charge is 0.387 e. The molecule has 0 radical (unpaired) electrons. The van der Waals surface area contributed by atoms with E-state index in [9.17, 15) is 14.8 Å². The zero-order valence-electron chi connectivity index (χ0n) is 10.7. The molecular formula is C15H17ClFNO. The van der Waals surface area contributed by atoms with Gasteiger partial charge in [0.1, 0.15) is 11.9 Å². The van der Waals surface area contributed by atoms with Crippen LogP contribution in [0.25, 0.3) is 0 Å². The van der Waals surface area contributed by atoms with Crippen LogP contribution in [0.4, 0.5) is 4.39 Å². The van der Waals surface area contributed by atoms with Gasteiger partial charge in [-0.05, 0) is 18.9 Å². The molecule has 1 saturated carbocycles. The van der Waals surface area contributed by atoms with E-state index in [0.29, 0.717) is 12.8 Å². The number of aliphatic hydroxyl groups excluding tert-OH is 1. The second-order valence-electron chi connectivity index (χ2n) is 5.23. The zero-order valence-corrected chi connectivity index (χ0v) is 11.5. The molecule has 0 amide bonds. The number of nitrogens with zero attached hydrogens (tertiary/aromatic N) is 1. The summed E-state index contributed by atoms with van der Waals surface area (Å²) in [5, 5.41) is 20.0. The molecule has 2 nitrogen and oxygen atoms in total. The summed E-state index contributed by atoms with van der Waals surface area (Å²) in [4.78, 5) is 0. The number of nitriles is 1. The third kappa shape index (κ3) is 2.75. The van der Waals surface area contributed by atoms with Crippen LogP contribution in [0.1, 0.15) is 50.2 Å². The van der Waals surface area contributed by atoms with Gasteiger partial charge in [0.15, 0.2) is 0 Å². The van der Waals surface area contributed by atoms with E-state index in [-0.39, 0.29) is 10.6 Å². The van der Waals surface area contributed by atoms with Gasteiger partial charge >= 0.3 is 0 Å². The SMILES string of the molecule is N#CC1(C(O)c2cccc(Cl)c2F)CCCCCC1. The molecular weight excluding hydrogens is 265 g/mol. The molecule has 0 spiro atoms. The van der Waals surface area contributed by atoms with Crippen molar-refractivity contribution >= 4 is 11.6 Å². The maximum Gasteiger partial charge on any atom is 0.147 e. The first-order valence-corrected chi connectivity index (χ1v) is 7.02. The number of rotatable bonds is 2. The molecule has 0 saturated heterocycles. The Bertz CT molecular complexity index is 489. The van der Waals surface area contributed by atoms with Gasteiger partial charge in [0.05, 0.1) is 16.5 Å². The first kappa shape index (κ1) is 14.3. The second kappa shape index (κ2) is 5.90. The van der Waals surface area contributed by atoms with Crippen LogP contribution in [0.15, 0.2) is 18.2 Å². The number of hydrogen-bond donors (Lipinski definition) is 1. The molecule has 2 rings (SSSR count). The van der Waals surface area contributed by atoms with Gasteiger partial charge in [0.25, 0.3) is 0 Å². The highest BCUT2D eigenvalue weighted by Gasteiger charge is 2.40. The van der Waals surface area contributed by atoms with E-state index in [2.05, 4.69) is 6.07 Å². The monoisotopic (exact) mass is 281 g/mol. The Labute approximate surface area is 117 Å². The van der Waals surface area contributed by atoms with Gasteiger partial charge in [-0.3, -0.25) is 0 Å². The lowest BCUT2D eigenvalue weighted by Crippen LogP contribution is -2.27. The van der Waals surface area contributed by atoms with E-state index in [4.69, 9.17) is 11.6 Å². The van der Waals surface area contributed by atoms with Crippen molar-refractivity contribution in [3.8, 4) is 6.07 Å². The molecule has 4 heteroatoms. The molecule has 0 bridgehead atoms. The maximum absolute atomic E-state index is 14.0. The summed E-state index contributed by atoms with van der Waals surface area (Å²) >= 11 is 5.75. The smallest absolute Gasteiger partial charge is 0.147 e. The Morgan fingerprint density at radius 3 is 2.47 bits per heavy atom. The van der Waals surface area contributed by atoms with Crippen LogP contribution in [0.3, 0.4) is 0 Å². The van der Waals surface area contributed by atoms with Crippen LogP contribution < -0.4 is 0 Å². The lowest BCUT2D eigenvalue weighted by Gasteiger charge is -2.31. The molecule has 1 aromatic carbocycles. The van der Waals surface area contributed by atoms with Crippen molar-refractivity contribution < 1.29 is 9.50 Å². The normalized spacial score (nSPS) is 20.3. The molecule has 1 aromatic rings. The fraction of sp³-hybridized carbons (Fsp3) is 0.533.